The predicted octanol–water partition coefficient (Wildman–Crippen LogP) is -15.0. The maximum absolute atomic E-state index is 12.9. The minimum Gasteiger partial charge on any atom is -0.744 e. The van der Waals surface area contributed by atoms with Crippen LogP contribution in [0.2, 0.25) is 0 Å². The first-order valence-corrected chi connectivity index (χ1v) is 30.5. The van der Waals surface area contributed by atoms with Crippen LogP contribution in [-0.2, 0) is 99.2 Å². The zero-order chi connectivity index (χ0) is 57.8. The van der Waals surface area contributed by atoms with Gasteiger partial charge in [-0.25, -0.2) is 50.5 Å². The molecule has 6 aromatic carbocycles. The molecule has 84 heavy (non-hydrogen) atoms. The van der Waals surface area contributed by atoms with E-state index in [1.165, 1.54) is 0 Å². The third kappa shape index (κ3) is 18.9. The number of rotatable bonds is 12. The molecule has 36 heteroatoms. The molecule has 1 aliphatic rings. The van der Waals surface area contributed by atoms with E-state index in [2.05, 4.69) is 0 Å². The molecule has 6 aromatic rings. The quantitative estimate of drug-likeness (QED) is 0.0810. The number of methoxy groups -OCH3 is 6. The maximum Gasteiger partial charge on any atom is 1.00 e. The van der Waals surface area contributed by atoms with Crippen LogP contribution < -0.4 is 206 Å². The molecule has 0 saturated carbocycles. The normalized spacial score (nSPS) is 12.7. The summed E-state index contributed by atoms with van der Waals surface area (Å²) in [5.74, 6) is -1.41. The minimum absolute atomic E-state index is 0. The molecule has 0 saturated heterocycles. The number of hydrogen-bond donors (Lipinski definition) is 0. The van der Waals surface area contributed by atoms with Gasteiger partial charge in [-0.15, -0.1) is 0 Å². The van der Waals surface area contributed by atoms with Gasteiger partial charge in [-0.2, -0.15) is 0 Å². The summed E-state index contributed by atoms with van der Waals surface area (Å²) in [4.78, 5) is -5.52. The van der Waals surface area contributed by atoms with Crippen molar-refractivity contribution in [3.63, 3.8) is 0 Å². The number of hydrogen-bond acceptors (Lipinski definition) is 24. The van der Waals surface area contributed by atoms with Gasteiger partial charge >= 0.3 is 177 Å². The van der Waals surface area contributed by atoms with Crippen LogP contribution in [0.1, 0.15) is 66.8 Å². The third-order valence-electron chi connectivity index (χ3n) is 12.5. The van der Waals surface area contributed by atoms with Gasteiger partial charge in [-0.3, -0.25) is 0 Å². The second-order valence-corrected chi connectivity index (χ2v) is 25.7. The molecule has 0 radical (unpaired) electrons. The molecule has 7 rings (SSSR count). The second kappa shape index (κ2) is 31.7. The van der Waals surface area contributed by atoms with Crippen LogP contribution in [0.5, 0.6) is 34.5 Å². The first kappa shape index (κ1) is 81.6. The predicted molar refractivity (Wildman–Crippen MR) is 263 cm³/mol. The van der Waals surface area contributed by atoms with Crippen molar-refractivity contribution in [2.24, 2.45) is 0 Å². The van der Waals surface area contributed by atoms with Crippen molar-refractivity contribution in [1.82, 2.24) is 0 Å². The van der Waals surface area contributed by atoms with Gasteiger partial charge in [-0.1, -0.05) is 0 Å². The topological polar surface area (TPSA) is 399 Å². The summed E-state index contributed by atoms with van der Waals surface area (Å²) in [5, 5.41) is 0. The molecule has 420 valence electrons. The fourth-order valence-corrected chi connectivity index (χ4v) is 13.0. The Labute approximate surface area is 619 Å². The summed E-state index contributed by atoms with van der Waals surface area (Å²) < 4.78 is 266. The minimum atomic E-state index is -5.43. The van der Waals surface area contributed by atoms with Gasteiger partial charge in [0.1, 0.15) is 95.2 Å². The number of ether oxygens (including phenoxy) is 6. The Morgan fingerprint density at radius 2 is 0.310 bits per heavy atom. The second-order valence-electron chi connectivity index (χ2n) is 17.4. The molecule has 0 spiro atoms. The summed E-state index contributed by atoms with van der Waals surface area (Å²) in [6, 6.07) is 10.3. The van der Waals surface area contributed by atoms with Gasteiger partial charge < -0.3 is 55.7 Å². The Hall–Kier alpha value is -0.420. The first-order chi connectivity index (χ1) is 36.1. The molecule has 0 aromatic heterocycles. The SMILES string of the molecule is COc1c2cc(S(=O)(=O)[O-])cc1Cc1cc(S(=O)(=O)[O-])cc(c1OC)Cc1cc(S(=O)(=O)[O-])cc(c1OC)Cc1cc(S(=O)(=O)[O-])cc(c1OC)Cc1cc(S(=O)(=O)[O-])cc(c1OC)Cc1cc(S(=O)(=O)[O-])cc(c1OC)C2.[Na+].[Na+].[Na+].[Na+].[Na+].[Na+]. The van der Waals surface area contributed by atoms with Crippen LogP contribution in [0.25, 0.3) is 0 Å². The molecule has 0 atom stereocenters. The Bertz CT molecular complexity index is 3350. The van der Waals surface area contributed by atoms with Crippen LogP contribution in [0.4, 0.5) is 0 Å². The van der Waals surface area contributed by atoms with Crippen molar-refractivity contribution >= 4 is 60.7 Å². The molecular weight excluding hydrogens is 1290 g/mol. The van der Waals surface area contributed by atoms with E-state index in [4.69, 9.17) is 28.4 Å². The summed E-state index contributed by atoms with van der Waals surface area (Å²) in [5.41, 5.74) is -2.52. The van der Waals surface area contributed by atoms with Crippen molar-refractivity contribution in [1.29, 1.82) is 0 Å². The maximum atomic E-state index is 12.9. The van der Waals surface area contributed by atoms with E-state index >= 15 is 0 Å². The van der Waals surface area contributed by atoms with Crippen molar-refractivity contribution in [3.8, 4) is 34.5 Å². The summed E-state index contributed by atoms with van der Waals surface area (Å²) in [6.07, 6.45) is -3.86. The average molecular weight is 1330 g/mol. The van der Waals surface area contributed by atoms with Gasteiger partial charge in [0.15, 0.2) is 0 Å². The Kier molecular flexibility index (Phi) is 30.8. The molecular formula is C48H42Na6O24S6. The van der Waals surface area contributed by atoms with Crippen LogP contribution in [0, 0.1) is 0 Å². The third-order valence-corrected chi connectivity index (χ3v) is 17.4. The van der Waals surface area contributed by atoms with Gasteiger partial charge in [0.05, 0.1) is 72.0 Å². The van der Waals surface area contributed by atoms with Crippen molar-refractivity contribution < 1.29 is 284 Å². The van der Waals surface area contributed by atoms with E-state index in [0.29, 0.717) is 0 Å². The van der Waals surface area contributed by atoms with E-state index in [-0.39, 0.29) is 279 Å². The van der Waals surface area contributed by atoms with Gasteiger partial charge in [0.25, 0.3) is 0 Å². The van der Waals surface area contributed by atoms with Crippen molar-refractivity contribution in [2.45, 2.75) is 67.9 Å². The summed E-state index contributed by atoms with van der Waals surface area (Å²) >= 11 is 0. The summed E-state index contributed by atoms with van der Waals surface area (Å²) in [7, 11) is -25.9. The van der Waals surface area contributed by atoms with Crippen molar-refractivity contribution in [2.75, 3.05) is 42.7 Å². The van der Waals surface area contributed by atoms with Crippen LogP contribution >= 0.6 is 0 Å². The molecule has 12 bridgehead atoms. The Balaban J connectivity index is 0.00000588. The van der Waals surface area contributed by atoms with Gasteiger partial charge in [-0.05, 0) is 72.8 Å². The molecule has 0 heterocycles. The zero-order valence-electron chi connectivity index (χ0n) is 47.4. The first-order valence-electron chi connectivity index (χ1n) is 22.1. The standard InChI is InChI=1S/C48H48O24S6.6Na/c1-67-43-25-7-27-15-38(74(52,53)54)17-29(44(27)68-2)9-31-19-40(76(58,59)60)21-33(46(31)70-4)11-35-23-42(78(64,65)66)24-36(48(35)72-6)12-34-22-41(77(61,62)63)20-32(47(34)71-5)10-30-18-39(75(55,56)57)16-28(45(30)69-3)8-26(43)14-37(13-25)73(49,50)51;;;;;;/h13-24H,7-12H2,1-6H3,(H,49,50,51)(H,52,53,54)(H,55,56,57)(H,58,59,60)(H,61,62,63)(H,64,65,66);;;;;;/q;6*+1/p-6. The van der Waals surface area contributed by atoms with E-state index in [1.54, 1.807) is 0 Å². The van der Waals surface area contributed by atoms with E-state index in [1.807, 2.05) is 0 Å². The molecule has 0 unspecified atom stereocenters. The molecule has 24 nitrogen and oxygen atoms in total. The monoisotopic (exact) mass is 1330 g/mol. The van der Waals surface area contributed by atoms with Crippen LogP contribution in [0.15, 0.2) is 102 Å². The number of benzene rings is 6. The smallest absolute Gasteiger partial charge is 0.744 e. The van der Waals surface area contributed by atoms with Crippen LogP contribution in [-0.4, -0.2) is 120 Å². The van der Waals surface area contributed by atoms with E-state index in [0.717, 1.165) is 115 Å². The fourth-order valence-electron chi connectivity index (χ4n) is 9.58. The molecule has 0 amide bonds. The molecule has 0 N–H and O–H groups in total. The largest absolute Gasteiger partial charge is 1.00 e. The van der Waals surface area contributed by atoms with Crippen LogP contribution in [0.3, 0.4) is 0 Å². The average Bonchev–Trinajstić information content (AvgIpc) is 3.31. The zero-order valence-corrected chi connectivity index (χ0v) is 64.3. The molecule has 0 fully saturated rings. The van der Waals surface area contributed by atoms with E-state index < -0.39 is 129 Å². The fraction of sp³-hybridized carbons (Fsp3) is 0.250. The molecule has 0 aliphatic heterocycles. The van der Waals surface area contributed by atoms with Gasteiger partial charge in [0, 0.05) is 105 Å². The number of fused-ring (bicyclic) bond motifs is 12. The van der Waals surface area contributed by atoms with E-state index in [9.17, 15) is 77.8 Å². The Morgan fingerprint density at radius 1 is 0.226 bits per heavy atom. The Morgan fingerprint density at radius 3 is 0.369 bits per heavy atom. The van der Waals surface area contributed by atoms with Gasteiger partial charge in [0.2, 0.25) is 0 Å². The molecule has 1 aliphatic carbocycles. The summed E-state index contributed by atoms with van der Waals surface area (Å²) in [6.45, 7) is 0. The van der Waals surface area contributed by atoms with Crippen molar-refractivity contribution in [3.05, 3.63) is 140 Å².